The van der Waals surface area contributed by atoms with E-state index in [1.54, 1.807) is 49.1 Å². The molecule has 22 heteroatoms. The molecule has 2 aromatic rings. The summed E-state index contributed by atoms with van der Waals surface area (Å²) in [7, 11) is 0. The fourth-order valence-electron chi connectivity index (χ4n) is 2.08. The lowest BCUT2D eigenvalue weighted by Gasteiger charge is -2.42. The van der Waals surface area contributed by atoms with Gasteiger partial charge >= 0.3 is 43.4 Å². The molecule has 2 heterocycles. The molecule has 0 amide bonds. The summed E-state index contributed by atoms with van der Waals surface area (Å²) in [5.41, 5.74) is 1.58. The largest absolute Gasteiger partial charge is 0.387 e. The predicted octanol–water partition coefficient (Wildman–Crippen LogP) is 9.75. The van der Waals surface area contributed by atoms with Crippen molar-refractivity contribution in [2.24, 2.45) is 10.2 Å². The second-order valence-corrected chi connectivity index (χ2v) is 9.76. The highest BCUT2D eigenvalue weighted by Crippen LogP contribution is 2.64. The number of hydrogen-bond acceptors (Lipinski definition) is 4. The van der Waals surface area contributed by atoms with Gasteiger partial charge in [0.15, 0.2) is 0 Å². The first-order chi connectivity index (χ1) is 17.7. The first-order valence-electron chi connectivity index (χ1n) is 9.32. The quantitative estimate of drug-likeness (QED) is 0.109. The number of aromatic nitrogens is 2. The van der Waals surface area contributed by atoms with Gasteiger partial charge < -0.3 is 0 Å². The smallest absolute Gasteiger partial charge is 0.265 e. The van der Waals surface area contributed by atoms with E-state index in [1.807, 2.05) is 0 Å². The molecule has 0 saturated heterocycles. The zero-order valence-electron chi connectivity index (χ0n) is 18.2. The molecule has 2 rings (SSSR count). The van der Waals surface area contributed by atoms with Crippen molar-refractivity contribution in [3.05, 3.63) is 49.1 Å². The number of nitrogens with zero attached hydrogens (tertiary/aromatic N) is 4. The molecule has 0 aliphatic heterocycles. The Labute approximate surface area is 238 Å². The molecule has 0 N–H and O–H groups in total. The van der Waals surface area contributed by atoms with Gasteiger partial charge in [-0.25, -0.2) is 0 Å². The Hall–Kier alpha value is -1.76. The number of alkyl halides is 18. The molecular formula is C18H8F16I2N4. The number of azo groups is 1. The molecule has 0 radical (unpaired) electrons. The lowest BCUT2D eigenvalue weighted by Crippen LogP contribution is -2.73. The summed E-state index contributed by atoms with van der Waals surface area (Å²) < 4.78 is 192. The maximum Gasteiger partial charge on any atom is 0.387 e. The molecule has 0 spiro atoms. The summed E-state index contributed by atoms with van der Waals surface area (Å²) in [4.78, 5) is 7.78. The van der Waals surface area contributed by atoms with Gasteiger partial charge in [0.25, 0.3) is 0 Å². The summed E-state index contributed by atoms with van der Waals surface area (Å²) in [5, 5.41) is 8.07. The molecule has 2 aromatic heterocycles. The van der Waals surface area contributed by atoms with E-state index in [-0.39, 0.29) is 0 Å². The average Bonchev–Trinajstić information content (AvgIpc) is 2.82. The Morgan fingerprint density at radius 2 is 0.600 bits per heavy atom. The van der Waals surface area contributed by atoms with Crippen LogP contribution in [0, 0.1) is 0 Å². The van der Waals surface area contributed by atoms with Gasteiger partial charge in [0.2, 0.25) is 0 Å². The van der Waals surface area contributed by atoms with E-state index < -0.39 is 88.6 Å². The van der Waals surface area contributed by atoms with Gasteiger partial charge in [0, 0.05) is 70.0 Å². The summed E-state index contributed by atoms with van der Waals surface area (Å²) in [6.07, 6.45) is 6.73. The van der Waals surface area contributed by atoms with Crippen molar-refractivity contribution in [1.29, 1.82) is 0 Å². The van der Waals surface area contributed by atoms with Gasteiger partial charge in [-0.3, -0.25) is 9.97 Å². The Morgan fingerprint density at radius 3 is 0.800 bits per heavy atom. The zero-order chi connectivity index (χ0) is 31.6. The molecule has 0 aliphatic carbocycles. The Bertz CT molecular complexity index is 1050. The molecule has 0 unspecified atom stereocenters. The molecule has 0 atom stereocenters. The minimum absolute atomic E-state index is 0.789. The molecule has 0 aromatic carbocycles. The van der Waals surface area contributed by atoms with Crippen LogP contribution in [0.5, 0.6) is 0 Å². The maximum absolute atomic E-state index is 13.0. The fourth-order valence-corrected chi connectivity index (χ4v) is 2.76. The second kappa shape index (κ2) is 11.9. The van der Waals surface area contributed by atoms with E-state index in [0.717, 1.165) is 11.4 Å². The van der Waals surface area contributed by atoms with Crippen molar-refractivity contribution in [2.45, 2.75) is 43.4 Å². The highest BCUT2D eigenvalue weighted by atomic mass is 127. The third-order valence-corrected chi connectivity index (χ3v) is 5.64. The molecule has 40 heavy (non-hydrogen) atoms. The normalized spacial score (nSPS) is 14.7. The number of halogens is 18. The predicted molar refractivity (Wildman–Crippen MR) is 120 cm³/mol. The summed E-state index contributed by atoms with van der Waals surface area (Å²) >= 11 is -1.87. The summed E-state index contributed by atoms with van der Waals surface area (Å²) in [6.45, 7) is 0. The van der Waals surface area contributed by atoms with Gasteiger partial charge in [-0.05, 0) is 24.3 Å². The van der Waals surface area contributed by atoms with Gasteiger partial charge in [-0.15, -0.1) is 0 Å². The van der Waals surface area contributed by atoms with Crippen molar-refractivity contribution in [1.82, 2.24) is 9.97 Å². The van der Waals surface area contributed by atoms with Crippen LogP contribution in [0.4, 0.5) is 81.6 Å². The second-order valence-electron chi connectivity index (χ2n) is 7.05. The van der Waals surface area contributed by atoms with Crippen molar-refractivity contribution < 1.29 is 70.2 Å². The molecule has 226 valence electrons. The first kappa shape index (κ1) is 36.3. The summed E-state index contributed by atoms with van der Waals surface area (Å²) in [6, 6.07) is 7.19. The first-order valence-corrected chi connectivity index (χ1v) is 11.5. The van der Waals surface area contributed by atoms with E-state index in [9.17, 15) is 70.2 Å². The molecule has 0 fully saturated rings. The van der Waals surface area contributed by atoms with Crippen molar-refractivity contribution in [3.8, 4) is 0 Å². The maximum atomic E-state index is 13.0. The summed E-state index contributed by atoms with van der Waals surface area (Å²) in [5.74, 6) is -47.8. The molecule has 0 aliphatic rings. The topological polar surface area (TPSA) is 50.5 Å². The van der Waals surface area contributed by atoms with Gasteiger partial charge in [-0.2, -0.15) is 80.5 Å². The SMILES string of the molecule is FC(F)(I)C(F)(F)C(F)(F)C(F)(F)C(F)(F)C(F)(F)C(F)(F)C(F)(F)I.c1cc(N=Nc2ccncc2)ccn1. The fraction of sp³-hybridized carbons (Fsp3) is 0.444. The van der Waals surface area contributed by atoms with Crippen molar-refractivity contribution in [2.75, 3.05) is 0 Å². The van der Waals surface area contributed by atoms with Crippen molar-refractivity contribution >= 4 is 56.6 Å². The minimum atomic E-state index is -8.33. The van der Waals surface area contributed by atoms with Crippen LogP contribution in [0.25, 0.3) is 0 Å². The number of pyridine rings is 2. The Morgan fingerprint density at radius 1 is 0.400 bits per heavy atom. The third-order valence-electron chi connectivity index (χ3n) is 4.29. The van der Waals surface area contributed by atoms with Crippen LogP contribution >= 0.6 is 45.2 Å². The number of hydrogen-bond donors (Lipinski definition) is 0. The molecule has 0 saturated carbocycles. The van der Waals surface area contributed by atoms with Crippen LogP contribution in [0.3, 0.4) is 0 Å². The van der Waals surface area contributed by atoms with E-state index in [0.29, 0.717) is 0 Å². The Balaban J connectivity index is 0.000000473. The third kappa shape index (κ3) is 6.65. The molecule has 4 nitrogen and oxygen atoms in total. The highest BCUT2D eigenvalue weighted by Gasteiger charge is 2.94. The van der Waals surface area contributed by atoms with Crippen LogP contribution in [-0.2, 0) is 0 Å². The van der Waals surface area contributed by atoms with E-state index in [1.165, 1.54) is 0 Å². The van der Waals surface area contributed by atoms with E-state index in [4.69, 9.17) is 0 Å². The highest BCUT2D eigenvalue weighted by molar-refractivity contribution is 14.1. The minimum Gasteiger partial charge on any atom is -0.265 e. The van der Waals surface area contributed by atoms with Crippen LogP contribution in [0.1, 0.15) is 0 Å². The van der Waals surface area contributed by atoms with Gasteiger partial charge in [0.1, 0.15) is 0 Å². The Kier molecular flexibility index (Phi) is 10.7. The molecule has 0 bridgehead atoms. The van der Waals surface area contributed by atoms with Gasteiger partial charge in [0.05, 0.1) is 11.4 Å². The lowest BCUT2D eigenvalue weighted by atomic mass is 9.91. The van der Waals surface area contributed by atoms with Gasteiger partial charge in [-0.1, -0.05) is 0 Å². The number of rotatable bonds is 9. The van der Waals surface area contributed by atoms with Crippen LogP contribution < -0.4 is 0 Å². The van der Waals surface area contributed by atoms with E-state index in [2.05, 4.69) is 20.2 Å². The standard InChI is InChI=1S/C10H8N4.C8F16I2/c1-5-11-6-2-9(1)13-14-10-3-7-12-8-4-10;9-1(10,3(13,14)5(17,18)7(21,22)25)2(11,12)4(15,16)6(19,20)8(23,24)26/h1-8H;. The van der Waals surface area contributed by atoms with E-state index >= 15 is 0 Å². The van der Waals surface area contributed by atoms with Crippen LogP contribution in [-0.4, -0.2) is 53.4 Å². The zero-order valence-corrected chi connectivity index (χ0v) is 22.5. The van der Waals surface area contributed by atoms with Crippen LogP contribution in [0.15, 0.2) is 59.3 Å². The lowest BCUT2D eigenvalue weighted by molar-refractivity contribution is -0.441. The van der Waals surface area contributed by atoms with Crippen molar-refractivity contribution in [3.63, 3.8) is 0 Å². The van der Waals surface area contributed by atoms with Crippen LogP contribution in [0.2, 0.25) is 0 Å². The molecular weight excluding hydrogens is 830 g/mol. The average molecular weight is 838 g/mol. The monoisotopic (exact) mass is 838 g/mol.